The highest BCUT2D eigenvalue weighted by atomic mass is 14.9. The predicted molar refractivity (Wildman–Crippen MR) is 72.8 cm³/mol. The molecule has 1 aliphatic rings. The summed E-state index contributed by atoms with van der Waals surface area (Å²) in [6.07, 6.45) is 12.7. The lowest BCUT2D eigenvalue weighted by Crippen LogP contribution is -2.32. The maximum absolute atomic E-state index is 3.75. The molecule has 1 saturated carbocycles. The first kappa shape index (κ1) is 14.0. The molecule has 0 heterocycles. The van der Waals surface area contributed by atoms with E-state index in [-0.39, 0.29) is 0 Å². The molecule has 0 aromatic heterocycles. The molecule has 0 aromatic rings. The zero-order valence-electron chi connectivity index (χ0n) is 11.6. The molecule has 1 aliphatic carbocycles. The molecule has 0 aliphatic heterocycles. The van der Waals surface area contributed by atoms with Gasteiger partial charge in [-0.25, -0.2) is 0 Å². The summed E-state index contributed by atoms with van der Waals surface area (Å²) in [5.41, 5.74) is 0.715. The molecule has 1 fully saturated rings. The van der Waals surface area contributed by atoms with Crippen molar-refractivity contribution in [2.45, 2.75) is 84.6 Å². The summed E-state index contributed by atoms with van der Waals surface area (Å²) in [5, 5.41) is 3.75. The minimum absolute atomic E-state index is 0.715. The maximum atomic E-state index is 3.75. The van der Waals surface area contributed by atoms with Crippen LogP contribution >= 0.6 is 0 Å². The van der Waals surface area contributed by atoms with E-state index >= 15 is 0 Å². The first-order valence-electron chi connectivity index (χ1n) is 7.46. The fourth-order valence-corrected chi connectivity index (χ4v) is 2.59. The maximum Gasteiger partial charge on any atom is 0.00389 e. The Labute approximate surface area is 102 Å². The van der Waals surface area contributed by atoms with E-state index in [4.69, 9.17) is 0 Å². The molecule has 0 aromatic carbocycles. The molecule has 0 saturated heterocycles. The normalized spacial score (nSPS) is 19.7. The van der Waals surface area contributed by atoms with Crippen molar-refractivity contribution in [3.05, 3.63) is 0 Å². The molecule has 1 nitrogen and oxygen atoms in total. The van der Waals surface area contributed by atoms with Crippen LogP contribution in [0.15, 0.2) is 0 Å². The average Bonchev–Trinajstić information content (AvgIpc) is 3.03. The van der Waals surface area contributed by atoms with Crippen molar-refractivity contribution in [2.75, 3.05) is 6.54 Å². The Morgan fingerprint density at radius 1 is 1.06 bits per heavy atom. The first-order chi connectivity index (χ1) is 7.72. The van der Waals surface area contributed by atoms with E-state index < -0.39 is 0 Å². The van der Waals surface area contributed by atoms with Crippen LogP contribution < -0.4 is 5.32 Å². The number of rotatable bonds is 10. The second-order valence-electron chi connectivity index (χ2n) is 5.88. The Hall–Kier alpha value is -0.0400. The second-order valence-corrected chi connectivity index (χ2v) is 5.88. The van der Waals surface area contributed by atoms with Crippen LogP contribution in [-0.4, -0.2) is 12.6 Å². The van der Waals surface area contributed by atoms with E-state index in [1.807, 2.05) is 0 Å². The standard InChI is InChI=1S/C15H31N/c1-4-6-7-8-9-14(3)16-13-15(10-5-2)11-12-15/h14,16H,4-13H2,1-3H3. The van der Waals surface area contributed by atoms with Crippen molar-refractivity contribution < 1.29 is 0 Å². The molecule has 0 bridgehead atoms. The van der Waals surface area contributed by atoms with Crippen LogP contribution in [0.5, 0.6) is 0 Å². The SMILES string of the molecule is CCCCCCC(C)NCC1(CCC)CC1. The van der Waals surface area contributed by atoms with Gasteiger partial charge in [0.05, 0.1) is 0 Å². The molecule has 0 amide bonds. The zero-order valence-corrected chi connectivity index (χ0v) is 11.6. The van der Waals surface area contributed by atoms with Gasteiger partial charge in [0.1, 0.15) is 0 Å². The van der Waals surface area contributed by atoms with Crippen LogP contribution in [-0.2, 0) is 0 Å². The van der Waals surface area contributed by atoms with E-state index in [0.717, 1.165) is 6.04 Å². The highest BCUT2D eigenvalue weighted by Crippen LogP contribution is 2.48. The molecule has 1 N–H and O–H groups in total. The summed E-state index contributed by atoms with van der Waals surface area (Å²) in [6, 6.07) is 0.728. The van der Waals surface area contributed by atoms with Gasteiger partial charge in [-0.05, 0) is 38.0 Å². The summed E-state index contributed by atoms with van der Waals surface area (Å²) in [5.74, 6) is 0. The number of hydrogen-bond donors (Lipinski definition) is 1. The van der Waals surface area contributed by atoms with Crippen molar-refractivity contribution in [2.24, 2.45) is 5.41 Å². The summed E-state index contributed by atoms with van der Waals surface area (Å²) in [6.45, 7) is 8.22. The first-order valence-corrected chi connectivity index (χ1v) is 7.46. The molecule has 1 atom stereocenters. The molecular formula is C15H31N. The van der Waals surface area contributed by atoms with E-state index in [0.29, 0.717) is 5.41 Å². The van der Waals surface area contributed by atoms with Gasteiger partial charge in [0.15, 0.2) is 0 Å². The lowest BCUT2D eigenvalue weighted by Gasteiger charge is -2.19. The Kier molecular flexibility index (Phi) is 6.41. The fourth-order valence-electron chi connectivity index (χ4n) is 2.59. The molecule has 0 spiro atoms. The topological polar surface area (TPSA) is 12.0 Å². The van der Waals surface area contributed by atoms with Crippen LogP contribution in [0.25, 0.3) is 0 Å². The van der Waals surface area contributed by atoms with Gasteiger partial charge in [0.2, 0.25) is 0 Å². The third kappa shape index (κ3) is 5.34. The van der Waals surface area contributed by atoms with Gasteiger partial charge in [-0.3, -0.25) is 0 Å². The van der Waals surface area contributed by atoms with Gasteiger partial charge in [-0.1, -0.05) is 46.0 Å². The quantitative estimate of drug-likeness (QED) is 0.539. The molecule has 16 heavy (non-hydrogen) atoms. The Bertz CT molecular complexity index is 172. The highest BCUT2D eigenvalue weighted by molar-refractivity contribution is 4.94. The minimum Gasteiger partial charge on any atom is -0.314 e. The summed E-state index contributed by atoms with van der Waals surface area (Å²) in [4.78, 5) is 0. The predicted octanol–water partition coefficient (Wildman–Crippen LogP) is 4.52. The van der Waals surface area contributed by atoms with E-state index in [1.54, 1.807) is 0 Å². The molecule has 0 radical (unpaired) electrons. The Morgan fingerprint density at radius 3 is 2.38 bits per heavy atom. The smallest absolute Gasteiger partial charge is 0.00389 e. The molecule has 1 rings (SSSR count). The number of unbranched alkanes of at least 4 members (excludes halogenated alkanes) is 3. The number of nitrogens with one attached hydrogen (secondary N) is 1. The fraction of sp³-hybridized carbons (Fsp3) is 1.00. The third-order valence-electron chi connectivity index (χ3n) is 4.05. The van der Waals surface area contributed by atoms with Gasteiger partial charge >= 0.3 is 0 Å². The van der Waals surface area contributed by atoms with E-state index in [2.05, 4.69) is 26.1 Å². The van der Waals surface area contributed by atoms with Gasteiger partial charge in [-0.15, -0.1) is 0 Å². The zero-order chi connectivity index (χ0) is 11.9. The van der Waals surface area contributed by atoms with Crippen molar-refractivity contribution >= 4 is 0 Å². The highest BCUT2D eigenvalue weighted by Gasteiger charge is 2.40. The lowest BCUT2D eigenvalue weighted by molar-refractivity contribution is 0.379. The van der Waals surface area contributed by atoms with Crippen LogP contribution in [0.4, 0.5) is 0 Å². The lowest BCUT2D eigenvalue weighted by atomic mass is 10.00. The van der Waals surface area contributed by atoms with Crippen LogP contribution in [0, 0.1) is 5.41 Å². The average molecular weight is 225 g/mol. The molecular weight excluding hydrogens is 194 g/mol. The van der Waals surface area contributed by atoms with Crippen LogP contribution in [0.3, 0.4) is 0 Å². The van der Waals surface area contributed by atoms with E-state index in [1.165, 1.54) is 64.3 Å². The van der Waals surface area contributed by atoms with Crippen molar-refractivity contribution in [3.63, 3.8) is 0 Å². The van der Waals surface area contributed by atoms with Gasteiger partial charge < -0.3 is 5.32 Å². The van der Waals surface area contributed by atoms with Gasteiger partial charge in [0, 0.05) is 12.6 Å². The molecule has 1 unspecified atom stereocenters. The summed E-state index contributed by atoms with van der Waals surface area (Å²) >= 11 is 0. The largest absolute Gasteiger partial charge is 0.314 e. The Morgan fingerprint density at radius 2 is 1.81 bits per heavy atom. The van der Waals surface area contributed by atoms with Gasteiger partial charge in [-0.2, -0.15) is 0 Å². The third-order valence-corrected chi connectivity index (χ3v) is 4.05. The second kappa shape index (κ2) is 7.32. The van der Waals surface area contributed by atoms with Crippen LogP contribution in [0.2, 0.25) is 0 Å². The Balaban J connectivity index is 1.99. The molecule has 96 valence electrons. The van der Waals surface area contributed by atoms with Crippen molar-refractivity contribution in [3.8, 4) is 0 Å². The van der Waals surface area contributed by atoms with Crippen molar-refractivity contribution in [1.29, 1.82) is 0 Å². The summed E-state index contributed by atoms with van der Waals surface area (Å²) in [7, 11) is 0. The summed E-state index contributed by atoms with van der Waals surface area (Å²) < 4.78 is 0. The molecule has 1 heteroatoms. The van der Waals surface area contributed by atoms with E-state index in [9.17, 15) is 0 Å². The monoisotopic (exact) mass is 225 g/mol. The minimum atomic E-state index is 0.715. The van der Waals surface area contributed by atoms with Gasteiger partial charge in [0.25, 0.3) is 0 Å². The van der Waals surface area contributed by atoms with Crippen LogP contribution in [0.1, 0.15) is 78.6 Å². The number of hydrogen-bond acceptors (Lipinski definition) is 1. The van der Waals surface area contributed by atoms with Crippen molar-refractivity contribution in [1.82, 2.24) is 5.32 Å².